The van der Waals surface area contributed by atoms with E-state index < -0.39 is 52.6 Å². The highest BCUT2D eigenvalue weighted by molar-refractivity contribution is 6.30. The lowest BCUT2D eigenvalue weighted by molar-refractivity contribution is -0.140. The fourth-order valence-corrected chi connectivity index (χ4v) is 8.88. The summed E-state index contributed by atoms with van der Waals surface area (Å²) < 4.78 is 19.8. The third-order valence-electron chi connectivity index (χ3n) is 11.0. The van der Waals surface area contributed by atoms with Gasteiger partial charge < -0.3 is 9.84 Å². The standard InChI is InChI=1S/C40H33ClFN3O6/c1-44-36(47)30-18-17-28-31(34(30)38(44)49)20-32-37(48)45(43-26-13-11-25(42)12-14-26)39(50)40(32,23-7-9-24(41)10-8-23)35(28)29-16-15-27(19-33(29)46)51-21-22-5-3-2-4-6-22/h2-17,19,30-32,34-35,43,46H,18,20-21H2,1H3. The van der Waals surface area contributed by atoms with Crippen LogP contribution in [0.4, 0.5) is 10.1 Å². The van der Waals surface area contributed by atoms with E-state index in [0.717, 1.165) is 15.5 Å². The van der Waals surface area contributed by atoms with Crippen LogP contribution in [0.25, 0.3) is 0 Å². The smallest absolute Gasteiger partial charge is 0.260 e. The second kappa shape index (κ2) is 12.4. The first-order chi connectivity index (χ1) is 24.6. The van der Waals surface area contributed by atoms with Crippen molar-refractivity contribution in [2.45, 2.75) is 30.8 Å². The molecule has 2 heterocycles. The van der Waals surface area contributed by atoms with Crippen LogP contribution in [-0.4, -0.2) is 45.7 Å². The summed E-state index contributed by atoms with van der Waals surface area (Å²) in [5.74, 6) is -5.82. The van der Waals surface area contributed by atoms with Crippen molar-refractivity contribution in [1.82, 2.24) is 9.91 Å². The maximum absolute atomic E-state index is 15.2. The number of carbonyl (C=O) groups excluding carboxylic acids is 4. The quantitative estimate of drug-likeness (QED) is 0.169. The number of hydrogen-bond acceptors (Lipinski definition) is 7. The molecule has 2 aliphatic carbocycles. The van der Waals surface area contributed by atoms with Crippen molar-refractivity contribution in [1.29, 1.82) is 0 Å². The normalized spacial score (nSPS) is 26.8. The number of benzene rings is 4. The number of allylic oxidation sites excluding steroid dienone is 2. The minimum Gasteiger partial charge on any atom is -0.508 e. The van der Waals surface area contributed by atoms with Gasteiger partial charge in [0.25, 0.3) is 11.8 Å². The maximum atomic E-state index is 15.2. The van der Waals surface area contributed by atoms with Crippen molar-refractivity contribution in [3.05, 3.63) is 136 Å². The zero-order valence-electron chi connectivity index (χ0n) is 27.5. The number of nitrogens with zero attached hydrogens (tertiary/aromatic N) is 2. The monoisotopic (exact) mass is 705 g/mol. The number of halogens is 2. The summed E-state index contributed by atoms with van der Waals surface area (Å²) in [6, 6.07) is 26.5. The molecule has 0 aromatic heterocycles. The number of ether oxygens (including phenoxy) is 1. The number of fused-ring (bicyclic) bond motifs is 4. The Balaban J connectivity index is 1.30. The van der Waals surface area contributed by atoms with Gasteiger partial charge in [0.15, 0.2) is 0 Å². The van der Waals surface area contributed by atoms with Crippen LogP contribution in [0.3, 0.4) is 0 Å². The van der Waals surface area contributed by atoms with E-state index in [4.69, 9.17) is 16.3 Å². The Morgan fingerprint density at radius 2 is 1.63 bits per heavy atom. The summed E-state index contributed by atoms with van der Waals surface area (Å²) in [5, 5.41) is 13.2. The minimum absolute atomic E-state index is 0.101. The predicted molar refractivity (Wildman–Crippen MR) is 186 cm³/mol. The lowest BCUT2D eigenvalue weighted by Crippen LogP contribution is -2.53. The van der Waals surface area contributed by atoms with Crippen molar-refractivity contribution in [3.63, 3.8) is 0 Å². The van der Waals surface area contributed by atoms with E-state index in [-0.39, 0.29) is 37.0 Å². The molecular weight excluding hydrogens is 673 g/mol. The first-order valence-corrected chi connectivity index (χ1v) is 17.1. The largest absolute Gasteiger partial charge is 0.508 e. The molecular formula is C40H33ClFN3O6. The average molecular weight is 706 g/mol. The highest BCUT2D eigenvalue weighted by Gasteiger charge is 2.70. The number of phenolic OH excluding ortho intramolecular Hbond substituents is 1. The second-order valence-corrected chi connectivity index (χ2v) is 14.0. The number of carbonyl (C=O) groups is 4. The third-order valence-corrected chi connectivity index (χ3v) is 11.3. The lowest BCUT2D eigenvalue weighted by atomic mass is 9.49. The van der Waals surface area contributed by atoms with E-state index in [9.17, 15) is 23.9 Å². The van der Waals surface area contributed by atoms with Crippen LogP contribution in [0.15, 0.2) is 109 Å². The molecule has 6 unspecified atom stereocenters. The summed E-state index contributed by atoms with van der Waals surface area (Å²) in [5.41, 5.74) is 4.14. The number of likely N-dealkylation sites (tertiary alicyclic amines) is 1. The fraction of sp³-hybridized carbons (Fsp3) is 0.250. The number of nitrogens with one attached hydrogen (secondary N) is 1. The molecule has 4 amide bonds. The number of hydrazine groups is 1. The van der Waals surface area contributed by atoms with Crippen LogP contribution in [0, 0.1) is 29.5 Å². The number of phenols is 1. The molecule has 0 spiro atoms. The number of hydrogen-bond donors (Lipinski definition) is 2. The molecule has 0 radical (unpaired) electrons. The summed E-state index contributed by atoms with van der Waals surface area (Å²) in [6.07, 6.45) is 2.29. The molecule has 0 bridgehead atoms. The number of amides is 4. The van der Waals surface area contributed by atoms with Crippen molar-refractivity contribution in [3.8, 4) is 11.5 Å². The molecule has 1 saturated carbocycles. The summed E-state index contributed by atoms with van der Waals surface area (Å²) in [6.45, 7) is 0.261. The molecule has 6 atom stereocenters. The first-order valence-electron chi connectivity index (χ1n) is 16.8. The summed E-state index contributed by atoms with van der Waals surface area (Å²) in [7, 11) is 1.47. The Morgan fingerprint density at radius 1 is 0.902 bits per heavy atom. The third kappa shape index (κ3) is 5.11. The van der Waals surface area contributed by atoms with E-state index in [2.05, 4.69) is 5.43 Å². The molecule has 2 saturated heterocycles. The number of imide groups is 2. The van der Waals surface area contributed by atoms with Crippen molar-refractivity contribution < 1.29 is 33.4 Å². The Labute approximate surface area is 298 Å². The van der Waals surface area contributed by atoms with Gasteiger partial charge in [0.05, 0.1) is 28.9 Å². The Morgan fingerprint density at radius 3 is 2.33 bits per heavy atom. The first kappa shape index (κ1) is 32.7. The number of aromatic hydroxyl groups is 1. The second-order valence-electron chi connectivity index (χ2n) is 13.6. The molecule has 4 aromatic carbocycles. The van der Waals surface area contributed by atoms with Gasteiger partial charge in [-0.05, 0) is 72.4 Å². The van der Waals surface area contributed by atoms with Crippen molar-refractivity contribution in [2.24, 2.45) is 23.7 Å². The molecule has 4 aromatic rings. The van der Waals surface area contributed by atoms with E-state index in [1.165, 1.54) is 37.4 Å². The van der Waals surface area contributed by atoms with Crippen LogP contribution in [0.2, 0.25) is 5.02 Å². The van der Waals surface area contributed by atoms with Crippen molar-refractivity contribution in [2.75, 3.05) is 12.5 Å². The molecule has 9 nitrogen and oxygen atoms in total. The van der Waals surface area contributed by atoms with Crippen LogP contribution in [-0.2, 0) is 31.2 Å². The Bertz CT molecular complexity index is 2110. The van der Waals surface area contributed by atoms with Gasteiger partial charge in [-0.1, -0.05) is 71.8 Å². The molecule has 51 heavy (non-hydrogen) atoms. The van der Waals surface area contributed by atoms with Gasteiger partial charge in [-0.3, -0.25) is 29.5 Å². The average Bonchev–Trinajstić information content (AvgIpc) is 3.49. The van der Waals surface area contributed by atoms with Crippen LogP contribution in [0.1, 0.15) is 35.4 Å². The van der Waals surface area contributed by atoms with Gasteiger partial charge in [0.2, 0.25) is 11.8 Å². The van der Waals surface area contributed by atoms with Crippen LogP contribution in [0.5, 0.6) is 11.5 Å². The summed E-state index contributed by atoms with van der Waals surface area (Å²) >= 11 is 6.35. The molecule has 258 valence electrons. The van der Waals surface area contributed by atoms with Crippen LogP contribution < -0.4 is 10.2 Å². The SMILES string of the molecule is CN1C(=O)C2CC=C3C(CC4C(=O)N(Nc5ccc(F)cc5)C(=O)C4(c4ccc(Cl)cc4)C3c3ccc(OCc4ccccc4)cc3O)C2C1=O. The topological polar surface area (TPSA) is 116 Å². The van der Waals surface area contributed by atoms with Gasteiger partial charge in [-0.25, -0.2) is 4.39 Å². The van der Waals surface area contributed by atoms with Gasteiger partial charge in [0, 0.05) is 29.6 Å². The predicted octanol–water partition coefficient (Wildman–Crippen LogP) is 6.38. The molecule has 11 heteroatoms. The molecule has 2 aliphatic heterocycles. The summed E-state index contributed by atoms with van der Waals surface area (Å²) in [4.78, 5) is 57.9. The van der Waals surface area contributed by atoms with Gasteiger partial charge in [0.1, 0.15) is 23.9 Å². The van der Waals surface area contributed by atoms with E-state index in [0.29, 0.717) is 33.2 Å². The van der Waals surface area contributed by atoms with Gasteiger partial charge >= 0.3 is 0 Å². The highest BCUT2D eigenvalue weighted by Crippen LogP contribution is 2.65. The van der Waals surface area contributed by atoms with Gasteiger partial charge in [-0.2, -0.15) is 5.01 Å². The maximum Gasteiger partial charge on any atom is 0.260 e. The molecule has 8 rings (SSSR count). The van der Waals surface area contributed by atoms with E-state index >= 15 is 4.79 Å². The minimum atomic E-state index is -1.61. The van der Waals surface area contributed by atoms with Crippen LogP contribution >= 0.6 is 11.6 Å². The number of rotatable bonds is 7. The fourth-order valence-electron chi connectivity index (χ4n) is 8.76. The van der Waals surface area contributed by atoms with E-state index in [1.54, 1.807) is 36.4 Å². The van der Waals surface area contributed by atoms with Gasteiger partial charge in [-0.15, -0.1) is 0 Å². The highest BCUT2D eigenvalue weighted by atomic mass is 35.5. The number of anilines is 1. The molecule has 3 fully saturated rings. The Hall–Kier alpha value is -5.48. The lowest BCUT2D eigenvalue weighted by Gasteiger charge is -2.50. The zero-order valence-corrected chi connectivity index (χ0v) is 28.2. The Kier molecular flexibility index (Phi) is 7.94. The molecule has 4 aliphatic rings. The van der Waals surface area contributed by atoms with Crippen molar-refractivity contribution >= 4 is 40.9 Å². The van der Waals surface area contributed by atoms with E-state index in [1.807, 2.05) is 36.4 Å². The molecule has 2 N–H and O–H groups in total. The zero-order chi connectivity index (χ0) is 35.6.